The monoisotopic (exact) mass is 624 g/mol. The molecule has 10 heteroatoms. The highest BCUT2D eigenvalue weighted by molar-refractivity contribution is 4.47. The van der Waals surface area contributed by atoms with Crippen LogP contribution in [0.5, 0.6) is 0 Å². The highest BCUT2D eigenvalue weighted by atomic mass is 16.6. The smallest absolute Gasteiger partial charge is 0.0701 e. The summed E-state index contributed by atoms with van der Waals surface area (Å²) >= 11 is 0. The first kappa shape index (κ1) is 42.6. The lowest BCUT2D eigenvalue weighted by molar-refractivity contribution is -0.0264. The largest absolute Gasteiger partial charge is 0.379 e. The first-order valence-corrected chi connectivity index (χ1v) is 17.2. The molecule has 43 heavy (non-hydrogen) atoms. The molecule has 0 fully saturated rings. The predicted molar refractivity (Wildman–Crippen MR) is 170 cm³/mol. The second-order valence-electron chi connectivity index (χ2n) is 10.3. The van der Waals surface area contributed by atoms with E-state index >= 15 is 0 Å². The van der Waals surface area contributed by atoms with Gasteiger partial charge in [-0.1, -0.05) is 71.6 Å². The van der Waals surface area contributed by atoms with Crippen LogP contribution in [0, 0.1) is 0 Å². The highest BCUT2D eigenvalue weighted by Crippen LogP contribution is 2.10. The number of hydrogen-bond donors (Lipinski definition) is 0. The first-order valence-electron chi connectivity index (χ1n) is 17.2. The molecule has 0 atom stereocenters. The summed E-state index contributed by atoms with van der Waals surface area (Å²) in [5.41, 5.74) is 0. The molecule has 0 heterocycles. The molecule has 0 aromatic rings. The number of unbranched alkanes of at least 4 members (excludes halogenated alkanes) is 9. The number of hydrogen-bond acceptors (Lipinski definition) is 10. The summed E-state index contributed by atoms with van der Waals surface area (Å²) in [6.45, 7) is 16.2. The van der Waals surface area contributed by atoms with Gasteiger partial charge in [-0.25, -0.2) is 0 Å². The van der Waals surface area contributed by atoms with Gasteiger partial charge in [0.05, 0.1) is 119 Å². The predicted octanol–water partition coefficient (Wildman–Crippen LogP) is 5.48. The zero-order valence-corrected chi connectivity index (χ0v) is 28.0. The molecule has 0 aliphatic carbocycles. The Hall–Kier alpha value is -0.400. The zero-order valence-electron chi connectivity index (χ0n) is 28.0. The standard InChI is InChI=1S/C33H68O10/c1-3-5-6-7-8-9-10-11-12-13-15-35-17-19-37-21-23-39-25-27-41-29-31-43-33-32-42-30-28-40-26-24-38-22-20-36-18-16-34-14-4-2/h3-33H2,1-2H3. The summed E-state index contributed by atoms with van der Waals surface area (Å²) in [6, 6.07) is 0. The molecule has 0 saturated heterocycles. The Morgan fingerprint density at radius 3 is 0.651 bits per heavy atom. The lowest BCUT2D eigenvalue weighted by Gasteiger charge is -2.09. The van der Waals surface area contributed by atoms with Crippen molar-refractivity contribution in [3.8, 4) is 0 Å². The van der Waals surface area contributed by atoms with Crippen molar-refractivity contribution in [2.75, 3.05) is 132 Å². The van der Waals surface area contributed by atoms with Crippen LogP contribution < -0.4 is 0 Å². The second-order valence-corrected chi connectivity index (χ2v) is 10.3. The Morgan fingerprint density at radius 1 is 0.186 bits per heavy atom. The third kappa shape index (κ3) is 41.6. The van der Waals surface area contributed by atoms with Crippen LogP contribution in [0.3, 0.4) is 0 Å². The van der Waals surface area contributed by atoms with Crippen LogP contribution >= 0.6 is 0 Å². The lowest BCUT2D eigenvalue weighted by Crippen LogP contribution is -2.15. The van der Waals surface area contributed by atoms with E-state index in [0.29, 0.717) is 119 Å². The van der Waals surface area contributed by atoms with Crippen molar-refractivity contribution >= 4 is 0 Å². The van der Waals surface area contributed by atoms with Crippen molar-refractivity contribution in [2.24, 2.45) is 0 Å². The molecule has 0 amide bonds. The van der Waals surface area contributed by atoms with Crippen molar-refractivity contribution in [3.63, 3.8) is 0 Å². The summed E-state index contributed by atoms with van der Waals surface area (Å²) in [6.07, 6.45) is 14.5. The maximum Gasteiger partial charge on any atom is 0.0701 e. The fourth-order valence-corrected chi connectivity index (χ4v) is 3.92. The van der Waals surface area contributed by atoms with Gasteiger partial charge in [0.25, 0.3) is 0 Å². The van der Waals surface area contributed by atoms with E-state index in [1.54, 1.807) is 0 Å². The Bertz CT molecular complexity index is 433. The summed E-state index contributed by atoms with van der Waals surface area (Å²) in [4.78, 5) is 0. The van der Waals surface area contributed by atoms with E-state index in [1.807, 2.05) is 0 Å². The molecule has 0 N–H and O–H groups in total. The van der Waals surface area contributed by atoms with Crippen LogP contribution in [-0.2, 0) is 47.4 Å². The topological polar surface area (TPSA) is 92.3 Å². The van der Waals surface area contributed by atoms with E-state index in [1.165, 1.54) is 57.8 Å². The maximum atomic E-state index is 5.64. The van der Waals surface area contributed by atoms with Gasteiger partial charge in [-0.15, -0.1) is 0 Å². The molecule has 0 rings (SSSR count). The van der Waals surface area contributed by atoms with E-state index in [4.69, 9.17) is 47.4 Å². The zero-order chi connectivity index (χ0) is 31.0. The van der Waals surface area contributed by atoms with Crippen molar-refractivity contribution in [1.82, 2.24) is 0 Å². The molecular weight excluding hydrogens is 556 g/mol. The first-order chi connectivity index (χ1) is 21.4. The molecule has 0 aromatic carbocycles. The van der Waals surface area contributed by atoms with Gasteiger partial charge in [-0.3, -0.25) is 0 Å². The van der Waals surface area contributed by atoms with Gasteiger partial charge in [0.15, 0.2) is 0 Å². The average molecular weight is 625 g/mol. The van der Waals surface area contributed by atoms with Crippen LogP contribution in [0.15, 0.2) is 0 Å². The van der Waals surface area contributed by atoms with Crippen LogP contribution in [0.4, 0.5) is 0 Å². The lowest BCUT2D eigenvalue weighted by atomic mass is 10.1. The van der Waals surface area contributed by atoms with Crippen molar-refractivity contribution in [3.05, 3.63) is 0 Å². The van der Waals surface area contributed by atoms with Gasteiger partial charge in [0, 0.05) is 13.2 Å². The Morgan fingerprint density at radius 2 is 0.395 bits per heavy atom. The number of ether oxygens (including phenoxy) is 10. The van der Waals surface area contributed by atoms with E-state index in [9.17, 15) is 0 Å². The Kier molecular flexibility index (Phi) is 41.2. The number of rotatable bonds is 40. The van der Waals surface area contributed by atoms with Gasteiger partial charge in [0.1, 0.15) is 0 Å². The van der Waals surface area contributed by atoms with Crippen LogP contribution in [0.25, 0.3) is 0 Å². The molecule has 0 aliphatic heterocycles. The Balaban J connectivity index is 3.02. The van der Waals surface area contributed by atoms with Crippen LogP contribution in [0.2, 0.25) is 0 Å². The van der Waals surface area contributed by atoms with Crippen LogP contribution in [0.1, 0.15) is 84.5 Å². The van der Waals surface area contributed by atoms with Crippen molar-refractivity contribution in [1.29, 1.82) is 0 Å². The fraction of sp³-hybridized carbons (Fsp3) is 1.00. The van der Waals surface area contributed by atoms with E-state index in [0.717, 1.165) is 26.1 Å². The molecule has 260 valence electrons. The molecular formula is C33H68O10. The minimum absolute atomic E-state index is 0.534. The summed E-state index contributed by atoms with van der Waals surface area (Å²) in [7, 11) is 0. The molecule has 0 saturated carbocycles. The maximum absolute atomic E-state index is 5.64. The van der Waals surface area contributed by atoms with Crippen molar-refractivity contribution < 1.29 is 47.4 Å². The quantitative estimate of drug-likeness (QED) is 0.0816. The second kappa shape index (κ2) is 41.6. The van der Waals surface area contributed by atoms with E-state index in [2.05, 4.69) is 13.8 Å². The molecule has 10 nitrogen and oxygen atoms in total. The molecule has 0 aromatic heterocycles. The minimum atomic E-state index is 0.534. The third-order valence-electron chi connectivity index (χ3n) is 6.34. The molecule has 0 bridgehead atoms. The van der Waals surface area contributed by atoms with Gasteiger partial charge < -0.3 is 47.4 Å². The normalized spacial score (nSPS) is 11.6. The summed E-state index contributed by atoms with van der Waals surface area (Å²) in [5.74, 6) is 0. The van der Waals surface area contributed by atoms with E-state index in [-0.39, 0.29) is 0 Å². The fourth-order valence-electron chi connectivity index (χ4n) is 3.92. The van der Waals surface area contributed by atoms with Gasteiger partial charge >= 0.3 is 0 Å². The minimum Gasteiger partial charge on any atom is -0.379 e. The van der Waals surface area contributed by atoms with Gasteiger partial charge in [-0.05, 0) is 12.8 Å². The highest BCUT2D eigenvalue weighted by Gasteiger charge is 1.97. The van der Waals surface area contributed by atoms with Gasteiger partial charge in [-0.2, -0.15) is 0 Å². The summed E-state index contributed by atoms with van der Waals surface area (Å²) in [5, 5.41) is 0. The Labute approximate surface area is 264 Å². The molecule has 0 unspecified atom stereocenters. The van der Waals surface area contributed by atoms with Crippen molar-refractivity contribution in [2.45, 2.75) is 84.5 Å². The molecule has 0 radical (unpaired) electrons. The van der Waals surface area contributed by atoms with Gasteiger partial charge in [0.2, 0.25) is 0 Å². The molecule has 0 aliphatic rings. The summed E-state index contributed by atoms with van der Waals surface area (Å²) < 4.78 is 54.8. The third-order valence-corrected chi connectivity index (χ3v) is 6.34. The van der Waals surface area contributed by atoms with Crippen LogP contribution in [-0.4, -0.2) is 132 Å². The molecule has 0 spiro atoms. The average Bonchev–Trinajstić information content (AvgIpc) is 3.02. The SMILES string of the molecule is CCCCCCCCCCCCOCCOCCOCCOCCOCCOCCOCCOCCOCCOCCC. The van der Waals surface area contributed by atoms with E-state index < -0.39 is 0 Å².